The van der Waals surface area contributed by atoms with Gasteiger partial charge in [-0.3, -0.25) is 82.6 Å². The molecule has 19 N–H and O–H groups in total. The Hall–Kier alpha value is -12.0. The van der Waals surface area contributed by atoms with Gasteiger partial charge < -0.3 is 88.8 Å². The molecule has 1 aromatic heterocycles. The van der Waals surface area contributed by atoms with E-state index in [1.807, 2.05) is 0 Å². The third-order valence-electron chi connectivity index (χ3n) is 16.5. The van der Waals surface area contributed by atoms with E-state index in [2.05, 4.69) is 77.6 Å². The lowest BCUT2D eigenvalue weighted by molar-refractivity contribution is -0.141. The molecule has 0 bridgehead atoms. The van der Waals surface area contributed by atoms with Crippen molar-refractivity contribution in [2.75, 3.05) is 13.1 Å². The fourth-order valence-electron chi connectivity index (χ4n) is 10.9. The van der Waals surface area contributed by atoms with Crippen LogP contribution in [0.4, 0.5) is 0 Å². The highest BCUT2D eigenvalue weighted by Crippen LogP contribution is 2.20. The molecule has 0 aliphatic heterocycles. The second-order valence-electron chi connectivity index (χ2n) is 25.0. The second kappa shape index (κ2) is 43.3. The maximum Gasteiger partial charge on any atom is 0.335 e. The monoisotopic (exact) mass is 1510 g/mol. The summed E-state index contributed by atoms with van der Waals surface area (Å²) in [6.07, 6.45) is -2.47. The summed E-state index contributed by atoms with van der Waals surface area (Å²) >= 11 is 0. The fraction of sp³-hybridized carbons (Fsp3) is 0.394. The topological polar surface area (TPSA) is 555 Å². The van der Waals surface area contributed by atoms with Crippen molar-refractivity contribution in [3.8, 4) is 0 Å². The molecule has 1 heterocycles. The van der Waals surface area contributed by atoms with Crippen molar-refractivity contribution in [1.29, 1.82) is 0 Å². The van der Waals surface area contributed by atoms with Gasteiger partial charge in [0.05, 0.1) is 17.6 Å². The number of nitrogens with one attached hydrogen (secondary N) is 13. The van der Waals surface area contributed by atoms with Gasteiger partial charge in [-0.1, -0.05) is 99.9 Å². The number of hydrogen-bond acceptors (Lipinski definition) is 16. The third kappa shape index (κ3) is 30.3. The summed E-state index contributed by atoms with van der Waals surface area (Å²) in [6.45, 7) is 2.74. The minimum atomic E-state index is -1.89. The highest BCUT2D eigenvalue weighted by atomic mass is 31.0. The molecule has 0 radical (unpaired) electrons. The molecule has 0 aliphatic rings. The number of rotatable bonds is 47. The van der Waals surface area contributed by atoms with E-state index in [9.17, 15) is 102 Å². The van der Waals surface area contributed by atoms with Crippen molar-refractivity contribution in [2.45, 2.75) is 165 Å². The first kappa shape index (κ1) is 85.7. The van der Waals surface area contributed by atoms with Crippen LogP contribution in [-0.4, -0.2) is 210 Å². The van der Waals surface area contributed by atoms with Crippen LogP contribution in [-0.2, 0) is 97.6 Å². The lowest BCUT2D eigenvalue weighted by atomic mass is 10.0. The Morgan fingerprint density at radius 3 is 1.36 bits per heavy atom. The zero-order chi connectivity index (χ0) is 78.9. The summed E-state index contributed by atoms with van der Waals surface area (Å²) < 4.78 is 0. The number of aliphatic carboxylic acids is 5. The molecule has 5 rings (SSSR count). The minimum Gasteiger partial charge on any atom is -0.481 e. The molecule has 5 aromatic rings. The Labute approximate surface area is 614 Å². The van der Waals surface area contributed by atoms with Gasteiger partial charge in [-0.25, -0.2) is 4.79 Å². The number of benzene rings is 4. The number of aromatic nitrogens is 1. The maximum atomic E-state index is 14.4. The first-order chi connectivity index (χ1) is 50.8. The summed E-state index contributed by atoms with van der Waals surface area (Å²) in [6, 6.07) is 14.6. The Kier molecular flexibility index (Phi) is 34.7. The van der Waals surface area contributed by atoms with Crippen LogP contribution < -0.4 is 63.8 Å². The highest BCUT2D eigenvalue weighted by molar-refractivity contribution is 7.20. The van der Waals surface area contributed by atoms with Crippen LogP contribution in [0.2, 0.25) is 0 Å². The van der Waals surface area contributed by atoms with Gasteiger partial charge in [0.1, 0.15) is 60.4 Å². The van der Waals surface area contributed by atoms with E-state index < -0.39 is 200 Å². The molecule has 35 nitrogen and oxygen atoms in total. The predicted octanol–water partition coefficient (Wildman–Crippen LogP) is -0.612. The molecule has 0 saturated carbocycles. The van der Waals surface area contributed by atoms with Crippen LogP contribution in [0.1, 0.15) is 111 Å². The van der Waals surface area contributed by atoms with Crippen molar-refractivity contribution in [1.82, 2.24) is 68.8 Å². The Bertz CT molecular complexity index is 4030. The molecule has 0 aliphatic carbocycles. The van der Waals surface area contributed by atoms with Crippen molar-refractivity contribution in [2.24, 2.45) is 0 Å². The Morgan fingerprint density at radius 1 is 0.402 bits per heavy atom. The molecule has 107 heavy (non-hydrogen) atoms. The van der Waals surface area contributed by atoms with Crippen molar-refractivity contribution < 1.29 is 107 Å². The number of carboxylic acids is 6. The van der Waals surface area contributed by atoms with E-state index in [0.29, 0.717) is 27.6 Å². The number of carbonyl (C=O) groups excluding carboxylic acids is 10. The molecule has 4 aromatic carbocycles. The van der Waals surface area contributed by atoms with Gasteiger partial charge in [0.15, 0.2) is 0 Å². The molecule has 574 valence electrons. The molecule has 0 spiro atoms. The van der Waals surface area contributed by atoms with E-state index >= 15 is 0 Å². The van der Waals surface area contributed by atoms with Crippen molar-refractivity contribution in [3.63, 3.8) is 0 Å². The number of hydrogen-bond donors (Lipinski definition) is 19. The molecular weight excluding hydrogens is 1420 g/mol. The lowest BCUT2D eigenvalue weighted by Gasteiger charge is -2.26. The number of para-hydroxylation sites is 1. The molecular formula is C71H88N13O22P. The Balaban J connectivity index is 1.28. The quantitative estimate of drug-likeness (QED) is 0.0171. The summed E-state index contributed by atoms with van der Waals surface area (Å²) in [5.41, 5.74) is 2.33. The zero-order valence-electron chi connectivity index (χ0n) is 58.6. The van der Waals surface area contributed by atoms with Gasteiger partial charge in [0.25, 0.3) is 0 Å². The second-order valence-corrected chi connectivity index (χ2v) is 25.5. The molecule has 0 saturated heterocycles. The smallest absolute Gasteiger partial charge is 0.335 e. The van der Waals surface area contributed by atoms with Crippen LogP contribution in [0.5, 0.6) is 0 Å². The Morgan fingerprint density at radius 2 is 0.822 bits per heavy atom. The number of carboxylic acid groups (broad SMARTS) is 6. The van der Waals surface area contributed by atoms with E-state index in [0.717, 1.165) is 0 Å². The zero-order valence-corrected chi connectivity index (χ0v) is 59.6. The number of amides is 10. The van der Waals surface area contributed by atoms with Gasteiger partial charge in [0.2, 0.25) is 59.1 Å². The molecule has 10 amide bonds. The summed E-state index contributed by atoms with van der Waals surface area (Å²) in [5, 5.41) is 88.3. The maximum absolute atomic E-state index is 14.4. The summed E-state index contributed by atoms with van der Waals surface area (Å²) in [5.74, 6) is -17.6. The fourth-order valence-corrected chi connectivity index (χ4v) is 11.2. The standard InChI is InChI=1S/C71H88N13O22P/c1-38(76-66(99)54(33-42-17-8-5-9-18-42)82-67(100)53(77-40(3)85)32-41-15-6-4-7-16-41)60(93)75-39(2)61(94)79-48(24-27-57(87)88)64(97)80-49(25-28-58(89)90)65(98)81-52(34-43-19-14-20-44(31-43)68(101)102)63(96)74-37-56(86)78-55(35-45-36-73-47-22-11-10-21-46(45)47)62(95)72-30-13-12-23-50(69(103)104)83-71(107)84-51(70(105)106)26-29-59(91)92/h4-11,14-22,31,36,38-39,48-55,73,83-84,107H,12-13,23-30,32-35,37H2,1-3H3,(H,72,95)(H,74,96)(H,75,93)(H,76,99)(H,77,85)(H,78,86)(H,79,94)(H,80,97)(H,81,98)(H,82,100)(H,87,88)(H,89,90)(H,91,92)(H,101,102)(H,103,104)(H,105,106)/t38-,39-,48-,49-,50-,51-,52-,53-,54-,55-/m0/s1. The number of aromatic carboxylic acids is 1. The number of aromatic amines is 1. The average Bonchev–Trinajstić information content (AvgIpc) is 1.75. The molecule has 0 fully saturated rings. The summed E-state index contributed by atoms with van der Waals surface area (Å²) in [7, 11) is 3.12. The van der Waals surface area contributed by atoms with Crippen molar-refractivity contribution >= 4 is 120 Å². The van der Waals surface area contributed by atoms with E-state index in [-0.39, 0.29) is 68.2 Å². The van der Waals surface area contributed by atoms with Gasteiger partial charge in [0, 0.05) is 75.5 Å². The SMILES string of the molecule is CC(=O)N[C@@H](Cc1ccccc1)C(=O)N[C@@H](Cc1ccccc1)C(=O)N[C@@H](C)C(=O)N[C@@H](C)C(=O)N[C@@H](CCC(=O)O)C(=O)N[C@@H](CCC(=O)O)C(=O)N[C@@H](Cc1cccc(C(=O)O)c1)C(=O)NCC(=O)N[C@@H](Cc1c[nH]c2ccccc12)C(=O)NCCCC[C@H](NC(=P)N[C@@H](CCC(=O)O)C(=O)O)C(=O)O. The molecule has 36 heteroatoms. The number of unbranched alkanes of at least 4 members (excludes halogenated alkanes) is 1. The van der Waals surface area contributed by atoms with E-state index in [4.69, 9.17) is 5.11 Å². The normalized spacial score (nSPS) is 13.7. The number of H-pyrrole nitrogens is 1. The molecule has 0 unspecified atom stereocenters. The largest absolute Gasteiger partial charge is 0.481 e. The number of carbonyl (C=O) groups is 16. The van der Waals surface area contributed by atoms with E-state index in [1.54, 1.807) is 91.1 Å². The van der Waals surface area contributed by atoms with Crippen LogP contribution >= 0.6 is 8.86 Å². The number of fused-ring (bicyclic) bond motifs is 1. The predicted molar refractivity (Wildman–Crippen MR) is 385 cm³/mol. The van der Waals surface area contributed by atoms with Crippen LogP contribution in [0.3, 0.4) is 0 Å². The van der Waals surface area contributed by atoms with Crippen LogP contribution in [0.25, 0.3) is 10.9 Å². The lowest BCUT2D eigenvalue weighted by Crippen LogP contribution is -2.59. The van der Waals surface area contributed by atoms with E-state index in [1.165, 1.54) is 45.0 Å². The van der Waals surface area contributed by atoms with Crippen molar-refractivity contribution in [3.05, 3.63) is 143 Å². The average molecular weight is 1510 g/mol. The van der Waals surface area contributed by atoms with Gasteiger partial charge >= 0.3 is 35.8 Å². The van der Waals surface area contributed by atoms with Crippen LogP contribution in [0.15, 0.2) is 115 Å². The first-order valence-corrected chi connectivity index (χ1v) is 34.4. The minimum absolute atomic E-state index is 0.0509. The highest BCUT2D eigenvalue weighted by Gasteiger charge is 2.35. The third-order valence-corrected chi connectivity index (χ3v) is 16.8. The molecule has 10 atom stereocenters. The van der Waals surface area contributed by atoms with Gasteiger partial charge in [-0.15, -0.1) is 0 Å². The van der Waals surface area contributed by atoms with Gasteiger partial charge in [-0.05, 0) is 92.8 Å². The summed E-state index contributed by atoms with van der Waals surface area (Å²) in [4.78, 5) is 212. The van der Waals surface area contributed by atoms with Crippen LogP contribution in [0, 0.1) is 0 Å². The first-order valence-electron chi connectivity index (χ1n) is 33.9. The van der Waals surface area contributed by atoms with Gasteiger partial charge in [-0.2, -0.15) is 0 Å².